The van der Waals surface area contributed by atoms with Crippen LogP contribution in [0.2, 0.25) is 0 Å². The van der Waals surface area contributed by atoms with Crippen LogP contribution in [0.15, 0.2) is 24.4 Å². The minimum absolute atomic E-state index is 0.382. The molecule has 0 aliphatic carbocycles. The van der Waals surface area contributed by atoms with E-state index in [9.17, 15) is 9.90 Å². The number of unbranched alkanes of at least 4 members (excludes halogenated alkanes) is 5. The van der Waals surface area contributed by atoms with E-state index in [1.807, 2.05) is 0 Å². The highest BCUT2D eigenvalue weighted by Gasteiger charge is 2.25. The Bertz CT molecular complexity index is 510. The molecular weight excluding hydrogens is 282 g/mol. The quantitative estimate of drug-likeness (QED) is 0.561. The minimum Gasteiger partial charge on any atom is -0.492 e. The fourth-order valence-corrected chi connectivity index (χ4v) is 2.32. The molecule has 1 aliphatic rings. The van der Waals surface area contributed by atoms with E-state index in [0.717, 1.165) is 6.42 Å². The minimum atomic E-state index is -1.23. The van der Waals surface area contributed by atoms with E-state index < -0.39 is 12.3 Å². The summed E-state index contributed by atoms with van der Waals surface area (Å²) in [5.74, 6) is 0.144. The number of aliphatic hydroxyl groups excluding tert-OH is 1. The average molecular weight is 305 g/mol. The van der Waals surface area contributed by atoms with Crippen molar-refractivity contribution in [1.29, 1.82) is 0 Å². The van der Waals surface area contributed by atoms with Gasteiger partial charge in [-0.3, -0.25) is 4.98 Å². The molecule has 0 radical (unpaired) electrons. The van der Waals surface area contributed by atoms with Gasteiger partial charge in [0.2, 0.25) is 6.29 Å². The van der Waals surface area contributed by atoms with Gasteiger partial charge in [-0.1, -0.05) is 39.0 Å². The second-order valence-electron chi connectivity index (χ2n) is 5.38. The van der Waals surface area contributed by atoms with Gasteiger partial charge < -0.3 is 14.6 Å². The molecule has 0 aromatic carbocycles. The number of pyridine rings is 1. The second-order valence-corrected chi connectivity index (χ2v) is 5.38. The summed E-state index contributed by atoms with van der Waals surface area (Å²) in [5.41, 5.74) is 0.901. The molecule has 1 atom stereocenters. The number of carbonyl (C=O) groups excluding carboxylic acids is 1. The number of hydrogen-bond donors (Lipinski definition) is 1. The molecule has 5 nitrogen and oxygen atoms in total. The normalized spacial score (nSPS) is 17.3. The lowest BCUT2D eigenvalue weighted by atomic mass is 10.1. The maximum Gasteiger partial charge on any atom is 0.333 e. The van der Waals surface area contributed by atoms with Crippen molar-refractivity contribution in [2.45, 2.75) is 51.7 Å². The highest BCUT2D eigenvalue weighted by Crippen LogP contribution is 2.24. The van der Waals surface area contributed by atoms with Gasteiger partial charge in [-0.2, -0.15) is 0 Å². The first-order valence-electron chi connectivity index (χ1n) is 7.90. The molecule has 0 fully saturated rings. The lowest BCUT2D eigenvalue weighted by Gasteiger charge is -2.09. The van der Waals surface area contributed by atoms with Gasteiger partial charge in [-0.05, 0) is 18.6 Å². The Balaban J connectivity index is 1.73. The Hall–Kier alpha value is -1.88. The Morgan fingerprint density at radius 1 is 1.23 bits per heavy atom. The molecule has 120 valence electrons. The third-order valence-electron chi connectivity index (χ3n) is 3.57. The van der Waals surface area contributed by atoms with E-state index in [2.05, 4.69) is 16.6 Å². The molecule has 0 saturated carbocycles. The fourth-order valence-electron chi connectivity index (χ4n) is 2.32. The Morgan fingerprint density at radius 3 is 2.64 bits per heavy atom. The van der Waals surface area contributed by atoms with Crippen molar-refractivity contribution < 1.29 is 19.4 Å². The van der Waals surface area contributed by atoms with Gasteiger partial charge in [-0.25, -0.2) is 4.79 Å². The number of esters is 1. The highest BCUT2D eigenvalue weighted by atomic mass is 16.6. The first-order valence-corrected chi connectivity index (χ1v) is 7.90. The van der Waals surface area contributed by atoms with E-state index in [4.69, 9.17) is 4.74 Å². The molecule has 0 amide bonds. The van der Waals surface area contributed by atoms with Crippen molar-refractivity contribution in [2.75, 3.05) is 6.61 Å². The molecule has 5 heteroatoms. The predicted molar refractivity (Wildman–Crippen MR) is 83.2 cm³/mol. The summed E-state index contributed by atoms with van der Waals surface area (Å²) in [6.45, 7) is 2.89. The van der Waals surface area contributed by atoms with Crippen LogP contribution in [0, 0.1) is 0 Å². The van der Waals surface area contributed by atoms with Gasteiger partial charge >= 0.3 is 5.97 Å². The monoisotopic (exact) mass is 305 g/mol. The first kappa shape index (κ1) is 16.5. The molecule has 1 aromatic heterocycles. The molecule has 1 unspecified atom stereocenters. The van der Waals surface area contributed by atoms with Crippen molar-refractivity contribution >= 4 is 11.5 Å². The number of cyclic esters (lactones) is 1. The maximum atomic E-state index is 11.1. The standard InChI is InChI=1S/C17H23NO4/c1-2-3-4-5-6-7-10-21-13-8-9-15(18-12-13)14-11-16(19)22-17(14)20/h8-9,11-12,17,20H,2-7,10H2,1H3. The molecule has 0 saturated heterocycles. The van der Waals surface area contributed by atoms with Gasteiger partial charge in [0.15, 0.2) is 0 Å². The van der Waals surface area contributed by atoms with Crippen LogP contribution < -0.4 is 4.74 Å². The number of carbonyl (C=O) groups is 1. The molecule has 1 N–H and O–H groups in total. The molecule has 1 aromatic rings. The lowest BCUT2D eigenvalue weighted by Crippen LogP contribution is -2.10. The fraction of sp³-hybridized carbons (Fsp3) is 0.529. The van der Waals surface area contributed by atoms with Gasteiger partial charge in [0, 0.05) is 6.08 Å². The van der Waals surface area contributed by atoms with Crippen LogP contribution in [0.25, 0.3) is 5.57 Å². The van der Waals surface area contributed by atoms with Crippen molar-refractivity contribution in [3.8, 4) is 5.75 Å². The van der Waals surface area contributed by atoms with Crippen molar-refractivity contribution in [3.63, 3.8) is 0 Å². The lowest BCUT2D eigenvalue weighted by molar-refractivity contribution is -0.149. The Kier molecular flexibility index (Phi) is 6.40. The molecule has 2 rings (SSSR count). The van der Waals surface area contributed by atoms with Crippen LogP contribution >= 0.6 is 0 Å². The highest BCUT2D eigenvalue weighted by molar-refractivity contribution is 5.95. The van der Waals surface area contributed by atoms with Crippen LogP contribution in [-0.4, -0.2) is 29.0 Å². The van der Waals surface area contributed by atoms with Crippen molar-refractivity contribution in [3.05, 3.63) is 30.1 Å². The third-order valence-corrected chi connectivity index (χ3v) is 3.57. The smallest absolute Gasteiger partial charge is 0.333 e. The largest absolute Gasteiger partial charge is 0.492 e. The zero-order valence-corrected chi connectivity index (χ0v) is 13.0. The molecule has 2 heterocycles. The summed E-state index contributed by atoms with van der Waals surface area (Å²) in [6, 6.07) is 3.50. The number of nitrogens with zero attached hydrogens (tertiary/aromatic N) is 1. The maximum absolute atomic E-state index is 11.1. The van der Waals surface area contributed by atoms with Gasteiger partial charge in [0.25, 0.3) is 0 Å². The average Bonchev–Trinajstić information content (AvgIpc) is 2.86. The Labute approximate surface area is 131 Å². The van der Waals surface area contributed by atoms with E-state index >= 15 is 0 Å². The van der Waals surface area contributed by atoms with Crippen LogP contribution in [0.3, 0.4) is 0 Å². The summed E-state index contributed by atoms with van der Waals surface area (Å²) < 4.78 is 10.3. The van der Waals surface area contributed by atoms with Crippen LogP contribution in [-0.2, 0) is 9.53 Å². The summed E-state index contributed by atoms with van der Waals surface area (Å²) in [4.78, 5) is 15.3. The molecular formula is C17H23NO4. The Morgan fingerprint density at radius 2 is 2.00 bits per heavy atom. The van der Waals surface area contributed by atoms with Gasteiger partial charge in [0.05, 0.1) is 24.1 Å². The van der Waals surface area contributed by atoms with E-state index in [1.165, 1.54) is 38.2 Å². The van der Waals surface area contributed by atoms with E-state index in [-0.39, 0.29) is 0 Å². The zero-order chi connectivity index (χ0) is 15.8. The number of aliphatic hydroxyl groups is 1. The predicted octanol–water partition coefficient (Wildman–Crippen LogP) is 3.08. The first-order chi connectivity index (χ1) is 10.7. The van der Waals surface area contributed by atoms with Gasteiger partial charge in [0.1, 0.15) is 5.75 Å². The van der Waals surface area contributed by atoms with Crippen molar-refractivity contribution in [1.82, 2.24) is 4.98 Å². The molecule has 0 bridgehead atoms. The molecule has 22 heavy (non-hydrogen) atoms. The van der Waals surface area contributed by atoms with Crippen LogP contribution in [0.4, 0.5) is 0 Å². The SMILES string of the molecule is CCCCCCCCOc1ccc(C2=CC(=O)OC2O)nc1. The molecule has 1 aliphatic heterocycles. The molecule has 0 spiro atoms. The summed E-state index contributed by atoms with van der Waals surface area (Å²) in [6.07, 6.45) is 8.97. The number of hydrogen-bond acceptors (Lipinski definition) is 5. The number of ether oxygens (including phenoxy) is 2. The number of aromatic nitrogens is 1. The third kappa shape index (κ3) is 4.84. The topological polar surface area (TPSA) is 68.7 Å². The van der Waals surface area contributed by atoms with E-state index in [0.29, 0.717) is 23.6 Å². The van der Waals surface area contributed by atoms with Gasteiger partial charge in [-0.15, -0.1) is 0 Å². The van der Waals surface area contributed by atoms with E-state index in [1.54, 1.807) is 18.3 Å². The van der Waals surface area contributed by atoms with Crippen molar-refractivity contribution in [2.24, 2.45) is 0 Å². The van der Waals surface area contributed by atoms with Crippen LogP contribution in [0.1, 0.15) is 51.1 Å². The van der Waals surface area contributed by atoms with Crippen LogP contribution in [0.5, 0.6) is 5.75 Å². The summed E-state index contributed by atoms with van der Waals surface area (Å²) >= 11 is 0. The zero-order valence-electron chi connectivity index (χ0n) is 13.0. The summed E-state index contributed by atoms with van der Waals surface area (Å²) in [5, 5.41) is 9.56. The number of rotatable bonds is 9. The summed E-state index contributed by atoms with van der Waals surface area (Å²) in [7, 11) is 0. The second kappa shape index (κ2) is 8.54.